The molecule has 18 heavy (non-hydrogen) atoms. The molecule has 0 amide bonds. The van der Waals surface area contributed by atoms with E-state index in [-0.39, 0.29) is 0 Å². The van der Waals surface area contributed by atoms with Crippen LogP contribution in [0.1, 0.15) is 24.6 Å². The summed E-state index contributed by atoms with van der Waals surface area (Å²) in [5, 5.41) is 3.31. The fourth-order valence-corrected chi connectivity index (χ4v) is 2.36. The number of rotatable bonds is 5. The van der Waals surface area contributed by atoms with E-state index in [2.05, 4.69) is 52.2 Å². The molecule has 0 saturated carbocycles. The number of oxazole rings is 1. The number of hydrogen-bond donors (Lipinski definition) is 1. The summed E-state index contributed by atoms with van der Waals surface area (Å²) in [5.41, 5.74) is 3.13. The van der Waals surface area contributed by atoms with Crippen molar-refractivity contribution in [3.63, 3.8) is 0 Å². The molecule has 0 aliphatic rings. The summed E-state index contributed by atoms with van der Waals surface area (Å²) in [5.74, 6) is 0.662. The minimum Gasteiger partial charge on any atom is -0.444 e. The first-order chi connectivity index (χ1) is 8.70. The van der Waals surface area contributed by atoms with Gasteiger partial charge in [0.05, 0.1) is 11.3 Å². The third-order valence-corrected chi connectivity index (χ3v) is 3.30. The van der Waals surface area contributed by atoms with Gasteiger partial charge in [-0.1, -0.05) is 13.0 Å². The van der Waals surface area contributed by atoms with Crippen LogP contribution in [0.2, 0.25) is 0 Å². The van der Waals surface area contributed by atoms with Crippen molar-refractivity contribution >= 4 is 15.9 Å². The van der Waals surface area contributed by atoms with Crippen LogP contribution in [-0.2, 0) is 6.54 Å². The van der Waals surface area contributed by atoms with Crippen LogP contribution in [0.3, 0.4) is 0 Å². The Hall–Kier alpha value is -1.13. The lowest BCUT2D eigenvalue weighted by atomic mass is 10.1. The Morgan fingerprint density at radius 3 is 2.94 bits per heavy atom. The highest BCUT2D eigenvalue weighted by Crippen LogP contribution is 2.28. The summed E-state index contributed by atoms with van der Waals surface area (Å²) >= 11 is 3.54. The third-order valence-electron chi connectivity index (χ3n) is 2.64. The van der Waals surface area contributed by atoms with Crippen molar-refractivity contribution in [3.8, 4) is 11.5 Å². The van der Waals surface area contributed by atoms with Crippen molar-refractivity contribution in [2.24, 2.45) is 0 Å². The van der Waals surface area contributed by atoms with Crippen molar-refractivity contribution in [3.05, 3.63) is 40.2 Å². The molecule has 0 radical (unpaired) electrons. The molecule has 96 valence electrons. The summed E-state index contributed by atoms with van der Waals surface area (Å²) in [6.45, 7) is 5.95. The van der Waals surface area contributed by atoms with E-state index in [1.807, 2.05) is 6.07 Å². The van der Waals surface area contributed by atoms with E-state index < -0.39 is 0 Å². The number of nitrogens with zero attached hydrogens (tertiary/aromatic N) is 1. The molecule has 2 aromatic rings. The van der Waals surface area contributed by atoms with Crippen LogP contribution in [0.5, 0.6) is 0 Å². The minimum absolute atomic E-state index is 0.662. The highest BCUT2D eigenvalue weighted by molar-refractivity contribution is 9.10. The lowest BCUT2D eigenvalue weighted by Crippen LogP contribution is -2.13. The predicted molar refractivity (Wildman–Crippen MR) is 76.4 cm³/mol. The van der Waals surface area contributed by atoms with E-state index in [1.54, 1.807) is 6.26 Å². The first-order valence-corrected chi connectivity index (χ1v) is 6.91. The highest BCUT2D eigenvalue weighted by Gasteiger charge is 2.09. The van der Waals surface area contributed by atoms with Gasteiger partial charge in [0.25, 0.3) is 0 Å². The number of aryl methyl sites for hydroxylation is 1. The molecule has 1 N–H and O–H groups in total. The minimum atomic E-state index is 0.662. The second kappa shape index (κ2) is 6.16. The molecule has 3 nitrogen and oxygen atoms in total. The maximum absolute atomic E-state index is 5.52. The molecule has 0 spiro atoms. The number of halogens is 1. The quantitative estimate of drug-likeness (QED) is 0.851. The van der Waals surface area contributed by atoms with Crippen LogP contribution in [-0.4, -0.2) is 11.5 Å². The highest BCUT2D eigenvalue weighted by atomic mass is 79.9. The van der Waals surface area contributed by atoms with Crippen molar-refractivity contribution in [2.45, 2.75) is 26.8 Å². The summed E-state index contributed by atoms with van der Waals surface area (Å²) in [6.07, 6.45) is 2.83. The molecular formula is C14H17BrN2O. The second-order valence-electron chi connectivity index (χ2n) is 4.30. The van der Waals surface area contributed by atoms with Crippen LogP contribution in [0.15, 0.2) is 33.4 Å². The lowest BCUT2D eigenvalue weighted by molar-refractivity contribution is 0.569. The maximum atomic E-state index is 5.52. The predicted octanol–water partition coefficient (Wildman–Crippen LogP) is 3.91. The van der Waals surface area contributed by atoms with Gasteiger partial charge in [-0.2, -0.15) is 0 Å². The Labute approximate surface area is 116 Å². The van der Waals surface area contributed by atoms with Crippen molar-refractivity contribution in [1.29, 1.82) is 0 Å². The second-order valence-corrected chi connectivity index (χ2v) is 5.16. The summed E-state index contributed by atoms with van der Waals surface area (Å²) in [4.78, 5) is 4.48. The van der Waals surface area contributed by atoms with Crippen LogP contribution >= 0.6 is 15.9 Å². The summed E-state index contributed by atoms with van der Waals surface area (Å²) in [7, 11) is 0. The SMILES string of the molecule is CCCNCc1coc(-c2ccc(C)cc2Br)n1. The average Bonchev–Trinajstić information content (AvgIpc) is 2.78. The molecule has 0 fully saturated rings. The molecule has 0 atom stereocenters. The number of nitrogens with one attached hydrogen (secondary N) is 1. The van der Waals surface area contributed by atoms with Gasteiger partial charge in [-0.3, -0.25) is 0 Å². The molecule has 0 unspecified atom stereocenters. The normalized spacial score (nSPS) is 10.8. The van der Waals surface area contributed by atoms with Crippen molar-refractivity contribution in [1.82, 2.24) is 10.3 Å². The third kappa shape index (κ3) is 3.21. The molecule has 4 heteroatoms. The van der Waals surface area contributed by atoms with Crippen molar-refractivity contribution in [2.75, 3.05) is 6.54 Å². The van der Waals surface area contributed by atoms with Gasteiger partial charge < -0.3 is 9.73 Å². The monoisotopic (exact) mass is 308 g/mol. The van der Waals surface area contributed by atoms with Gasteiger partial charge in [0.15, 0.2) is 0 Å². The first kappa shape index (κ1) is 13.3. The van der Waals surface area contributed by atoms with Crippen molar-refractivity contribution < 1.29 is 4.42 Å². The van der Waals surface area contributed by atoms with E-state index in [1.165, 1.54) is 5.56 Å². The lowest BCUT2D eigenvalue weighted by Gasteiger charge is -2.01. The van der Waals surface area contributed by atoms with Crippen LogP contribution in [0, 0.1) is 6.92 Å². The van der Waals surface area contributed by atoms with Gasteiger partial charge in [0.2, 0.25) is 5.89 Å². The molecule has 0 bridgehead atoms. The largest absolute Gasteiger partial charge is 0.444 e. The smallest absolute Gasteiger partial charge is 0.227 e. The molecule has 1 aromatic carbocycles. The Kier molecular flexibility index (Phi) is 4.55. The fraction of sp³-hybridized carbons (Fsp3) is 0.357. The zero-order valence-corrected chi connectivity index (χ0v) is 12.3. The summed E-state index contributed by atoms with van der Waals surface area (Å²) in [6, 6.07) is 6.14. The molecule has 1 heterocycles. The van der Waals surface area contributed by atoms with Crippen LogP contribution in [0.25, 0.3) is 11.5 Å². The van der Waals surface area contributed by atoms with E-state index in [4.69, 9.17) is 4.42 Å². The standard InChI is InChI=1S/C14H17BrN2O/c1-3-6-16-8-11-9-18-14(17-11)12-5-4-10(2)7-13(12)15/h4-5,7,9,16H,3,6,8H2,1-2H3. The van der Waals surface area contributed by atoms with Gasteiger partial charge in [0.1, 0.15) is 6.26 Å². The van der Waals surface area contributed by atoms with Gasteiger partial charge in [0, 0.05) is 11.0 Å². The Balaban J connectivity index is 2.13. The first-order valence-electron chi connectivity index (χ1n) is 6.12. The molecule has 0 aliphatic carbocycles. The van der Waals surface area contributed by atoms with Gasteiger partial charge in [-0.05, 0) is 53.5 Å². The molecule has 0 saturated heterocycles. The van der Waals surface area contributed by atoms with Gasteiger partial charge >= 0.3 is 0 Å². The van der Waals surface area contributed by atoms with Crippen LogP contribution < -0.4 is 5.32 Å². The fourth-order valence-electron chi connectivity index (χ4n) is 1.70. The topological polar surface area (TPSA) is 38.1 Å². The Morgan fingerprint density at radius 2 is 2.22 bits per heavy atom. The number of benzene rings is 1. The Bertz CT molecular complexity index is 522. The number of hydrogen-bond acceptors (Lipinski definition) is 3. The Morgan fingerprint density at radius 1 is 1.39 bits per heavy atom. The zero-order chi connectivity index (χ0) is 13.0. The molecular weight excluding hydrogens is 292 g/mol. The van der Waals surface area contributed by atoms with Crippen LogP contribution in [0.4, 0.5) is 0 Å². The molecule has 1 aromatic heterocycles. The zero-order valence-electron chi connectivity index (χ0n) is 10.7. The van der Waals surface area contributed by atoms with E-state index in [9.17, 15) is 0 Å². The molecule has 2 rings (SSSR count). The van der Waals surface area contributed by atoms with E-state index in [0.717, 1.165) is 35.2 Å². The van der Waals surface area contributed by atoms with Gasteiger partial charge in [-0.15, -0.1) is 0 Å². The van der Waals surface area contributed by atoms with E-state index >= 15 is 0 Å². The average molecular weight is 309 g/mol. The molecule has 0 aliphatic heterocycles. The van der Waals surface area contributed by atoms with Gasteiger partial charge in [-0.25, -0.2) is 4.98 Å². The number of aromatic nitrogens is 1. The maximum Gasteiger partial charge on any atom is 0.227 e. The van der Waals surface area contributed by atoms with E-state index in [0.29, 0.717) is 5.89 Å². The summed E-state index contributed by atoms with van der Waals surface area (Å²) < 4.78 is 6.53.